The Bertz CT molecular complexity index is 461. The van der Waals surface area contributed by atoms with E-state index in [1.807, 2.05) is 0 Å². The first-order valence-corrected chi connectivity index (χ1v) is 4.48. The lowest BCUT2D eigenvalue weighted by Gasteiger charge is -2.04. The summed E-state index contributed by atoms with van der Waals surface area (Å²) in [6.07, 6.45) is 1.26. The standard InChI is InChI=1S/C11H11N3O2/c1-16-11(15)8(6-12)7-14-10-5-3-2-4-9(10)13/h2-5,7,14H,13H2,1H3/b8-7+. The van der Waals surface area contributed by atoms with Crippen LogP contribution in [-0.4, -0.2) is 13.1 Å². The summed E-state index contributed by atoms with van der Waals surface area (Å²) in [5, 5.41) is 11.5. The summed E-state index contributed by atoms with van der Waals surface area (Å²) in [5.74, 6) is -0.690. The van der Waals surface area contributed by atoms with Crippen LogP contribution in [0.25, 0.3) is 0 Å². The van der Waals surface area contributed by atoms with Gasteiger partial charge >= 0.3 is 5.97 Å². The molecule has 82 valence electrons. The fraction of sp³-hybridized carbons (Fsp3) is 0.0909. The summed E-state index contributed by atoms with van der Waals surface area (Å²) in [6, 6.07) is 8.74. The molecule has 0 saturated carbocycles. The monoisotopic (exact) mass is 217 g/mol. The zero-order valence-electron chi connectivity index (χ0n) is 8.73. The van der Waals surface area contributed by atoms with Gasteiger partial charge in [0.25, 0.3) is 0 Å². The number of anilines is 2. The first kappa shape index (κ1) is 11.6. The molecule has 0 aliphatic carbocycles. The first-order chi connectivity index (χ1) is 7.69. The Hall–Kier alpha value is -2.48. The van der Waals surface area contributed by atoms with Crippen molar-refractivity contribution in [3.63, 3.8) is 0 Å². The number of benzene rings is 1. The Kier molecular flexibility index (Phi) is 3.92. The van der Waals surface area contributed by atoms with Gasteiger partial charge in [-0.2, -0.15) is 5.26 Å². The average molecular weight is 217 g/mol. The highest BCUT2D eigenvalue weighted by molar-refractivity contribution is 5.93. The van der Waals surface area contributed by atoms with Crippen LogP contribution in [0.2, 0.25) is 0 Å². The topological polar surface area (TPSA) is 88.1 Å². The lowest BCUT2D eigenvalue weighted by Crippen LogP contribution is -2.05. The van der Waals surface area contributed by atoms with Gasteiger partial charge < -0.3 is 15.8 Å². The van der Waals surface area contributed by atoms with Gasteiger partial charge in [0.1, 0.15) is 6.07 Å². The molecule has 0 amide bonds. The minimum Gasteiger partial charge on any atom is -0.465 e. The molecule has 0 unspecified atom stereocenters. The van der Waals surface area contributed by atoms with Gasteiger partial charge in [0.15, 0.2) is 5.57 Å². The number of hydrogen-bond acceptors (Lipinski definition) is 5. The Morgan fingerprint density at radius 3 is 2.81 bits per heavy atom. The van der Waals surface area contributed by atoms with Crippen molar-refractivity contribution in [2.75, 3.05) is 18.2 Å². The van der Waals surface area contributed by atoms with E-state index < -0.39 is 5.97 Å². The maximum absolute atomic E-state index is 11.1. The lowest BCUT2D eigenvalue weighted by molar-refractivity contribution is -0.135. The number of nitriles is 1. The summed E-state index contributed by atoms with van der Waals surface area (Å²) in [5.41, 5.74) is 6.70. The van der Waals surface area contributed by atoms with Gasteiger partial charge in [-0.05, 0) is 12.1 Å². The molecule has 5 nitrogen and oxygen atoms in total. The molecule has 1 aromatic carbocycles. The highest BCUT2D eigenvalue weighted by Crippen LogP contribution is 2.16. The second kappa shape index (κ2) is 5.41. The minimum absolute atomic E-state index is 0.120. The van der Waals surface area contributed by atoms with E-state index in [0.717, 1.165) is 0 Å². The number of ether oxygens (including phenoxy) is 1. The number of para-hydroxylation sites is 2. The molecule has 0 aliphatic rings. The molecule has 0 aliphatic heterocycles. The van der Waals surface area contributed by atoms with E-state index in [2.05, 4.69) is 10.1 Å². The van der Waals surface area contributed by atoms with Crippen molar-refractivity contribution in [1.82, 2.24) is 0 Å². The summed E-state index contributed by atoms with van der Waals surface area (Å²) in [4.78, 5) is 11.1. The number of hydrogen-bond donors (Lipinski definition) is 2. The molecule has 0 atom stereocenters. The van der Waals surface area contributed by atoms with E-state index in [0.29, 0.717) is 11.4 Å². The van der Waals surface area contributed by atoms with Crippen LogP contribution in [-0.2, 0) is 9.53 Å². The second-order valence-corrected chi connectivity index (χ2v) is 2.89. The Labute approximate surface area is 93.1 Å². The van der Waals surface area contributed by atoms with Crippen molar-refractivity contribution in [2.24, 2.45) is 0 Å². The van der Waals surface area contributed by atoms with Crippen LogP contribution in [0.15, 0.2) is 36.0 Å². The summed E-state index contributed by atoms with van der Waals surface area (Å²) in [7, 11) is 1.21. The average Bonchev–Trinajstić information content (AvgIpc) is 2.31. The number of methoxy groups -OCH3 is 1. The van der Waals surface area contributed by atoms with Gasteiger partial charge in [-0.3, -0.25) is 0 Å². The number of rotatable bonds is 3. The summed E-state index contributed by atoms with van der Waals surface area (Å²) in [6.45, 7) is 0. The SMILES string of the molecule is COC(=O)/C(C#N)=C/Nc1ccccc1N. The maximum Gasteiger partial charge on any atom is 0.350 e. The van der Waals surface area contributed by atoms with E-state index in [4.69, 9.17) is 11.0 Å². The van der Waals surface area contributed by atoms with E-state index in [1.165, 1.54) is 13.3 Å². The summed E-state index contributed by atoms with van der Waals surface area (Å²) >= 11 is 0. The van der Waals surface area contributed by atoms with Crippen molar-refractivity contribution in [2.45, 2.75) is 0 Å². The number of esters is 1. The lowest BCUT2D eigenvalue weighted by atomic mass is 10.2. The third kappa shape index (κ3) is 2.75. The number of nitrogen functional groups attached to an aromatic ring is 1. The molecular formula is C11H11N3O2. The quantitative estimate of drug-likeness (QED) is 0.344. The van der Waals surface area contributed by atoms with E-state index in [9.17, 15) is 4.79 Å². The Morgan fingerprint density at radius 2 is 2.25 bits per heavy atom. The minimum atomic E-state index is -0.690. The zero-order valence-corrected chi connectivity index (χ0v) is 8.73. The van der Waals surface area contributed by atoms with Crippen LogP contribution in [0.5, 0.6) is 0 Å². The van der Waals surface area contributed by atoms with Crippen molar-refractivity contribution in [3.05, 3.63) is 36.0 Å². The molecule has 0 saturated heterocycles. The van der Waals surface area contributed by atoms with E-state index >= 15 is 0 Å². The van der Waals surface area contributed by atoms with Gasteiger partial charge in [-0.15, -0.1) is 0 Å². The summed E-state index contributed by atoms with van der Waals surface area (Å²) < 4.78 is 4.42. The smallest absolute Gasteiger partial charge is 0.350 e. The van der Waals surface area contributed by atoms with Crippen LogP contribution in [0.3, 0.4) is 0 Å². The normalized spacial score (nSPS) is 10.4. The molecule has 0 heterocycles. The molecule has 0 spiro atoms. The molecule has 0 radical (unpaired) electrons. The van der Waals surface area contributed by atoms with Crippen molar-refractivity contribution in [1.29, 1.82) is 5.26 Å². The highest BCUT2D eigenvalue weighted by atomic mass is 16.5. The number of nitrogens with one attached hydrogen (secondary N) is 1. The van der Waals surface area contributed by atoms with Gasteiger partial charge in [0.05, 0.1) is 18.5 Å². The largest absolute Gasteiger partial charge is 0.465 e. The predicted octanol–water partition coefficient (Wildman–Crippen LogP) is 1.26. The Morgan fingerprint density at radius 1 is 1.56 bits per heavy atom. The molecule has 1 aromatic rings. The molecule has 0 aromatic heterocycles. The fourth-order valence-corrected chi connectivity index (χ4v) is 1.03. The second-order valence-electron chi connectivity index (χ2n) is 2.89. The maximum atomic E-state index is 11.1. The molecule has 5 heteroatoms. The molecule has 3 N–H and O–H groups in total. The van der Waals surface area contributed by atoms with Crippen LogP contribution in [0.1, 0.15) is 0 Å². The van der Waals surface area contributed by atoms with Crippen LogP contribution in [0.4, 0.5) is 11.4 Å². The van der Waals surface area contributed by atoms with Gasteiger partial charge in [0.2, 0.25) is 0 Å². The fourth-order valence-electron chi connectivity index (χ4n) is 1.03. The van der Waals surface area contributed by atoms with E-state index in [-0.39, 0.29) is 5.57 Å². The Balaban J connectivity index is 2.84. The van der Waals surface area contributed by atoms with Crippen molar-refractivity contribution in [3.8, 4) is 6.07 Å². The first-order valence-electron chi connectivity index (χ1n) is 4.48. The van der Waals surface area contributed by atoms with Crippen molar-refractivity contribution >= 4 is 17.3 Å². The predicted molar refractivity (Wildman–Crippen MR) is 60.2 cm³/mol. The van der Waals surface area contributed by atoms with Crippen LogP contribution >= 0.6 is 0 Å². The number of carbonyl (C=O) groups excluding carboxylic acids is 1. The van der Waals surface area contributed by atoms with Gasteiger partial charge in [0, 0.05) is 6.20 Å². The molecule has 1 rings (SSSR count). The van der Waals surface area contributed by atoms with E-state index in [1.54, 1.807) is 30.3 Å². The number of nitrogens with zero attached hydrogens (tertiary/aromatic N) is 1. The molecule has 0 bridgehead atoms. The van der Waals surface area contributed by atoms with Gasteiger partial charge in [-0.25, -0.2) is 4.79 Å². The van der Waals surface area contributed by atoms with Crippen molar-refractivity contribution < 1.29 is 9.53 Å². The highest BCUT2D eigenvalue weighted by Gasteiger charge is 2.07. The van der Waals surface area contributed by atoms with Crippen LogP contribution in [0, 0.1) is 11.3 Å². The van der Waals surface area contributed by atoms with Crippen LogP contribution < -0.4 is 11.1 Å². The third-order valence-electron chi connectivity index (χ3n) is 1.86. The zero-order chi connectivity index (χ0) is 12.0. The van der Waals surface area contributed by atoms with Gasteiger partial charge in [-0.1, -0.05) is 12.1 Å². The number of carbonyl (C=O) groups is 1. The third-order valence-corrected chi connectivity index (χ3v) is 1.86. The molecule has 16 heavy (non-hydrogen) atoms. The number of nitrogens with two attached hydrogens (primary N) is 1. The molecule has 0 fully saturated rings. The molecular weight excluding hydrogens is 206 g/mol.